The topological polar surface area (TPSA) is 56.5 Å². The van der Waals surface area contributed by atoms with Crippen LogP contribution >= 0.6 is 15.9 Å². The number of benzene rings is 1. The van der Waals surface area contributed by atoms with E-state index in [1.54, 1.807) is 7.11 Å². The Kier molecular flexibility index (Phi) is 5.64. The van der Waals surface area contributed by atoms with Crippen LogP contribution < -0.4 is 14.8 Å². The standard InChI is InChI=1S/C15H19BrN2O3/c1-4-20-14-7-11(6-13(16)15(14)19-3)8-17-9-12-5-10(2)21-18-12/h5-7,17H,4,8-9H2,1-3H3. The molecule has 1 heterocycles. The summed E-state index contributed by atoms with van der Waals surface area (Å²) in [5.74, 6) is 2.27. The lowest BCUT2D eigenvalue weighted by atomic mass is 10.2. The molecule has 1 aromatic carbocycles. The van der Waals surface area contributed by atoms with Crippen molar-refractivity contribution >= 4 is 15.9 Å². The van der Waals surface area contributed by atoms with Crippen LogP contribution in [-0.4, -0.2) is 18.9 Å². The highest BCUT2D eigenvalue weighted by Gasteiger charge is 2.11. The molecule has 2 rings (SSSR count). The normalized spacial score (nSPS) is 10.7. The van der Waals surface area contributed by atoms with Gasteiger partial charge in [-0.05, 0) is 47.5 Å². The van der Waals surface area contributed by atoms with E-state index in [0.29, 0.717) is 25.4 Å². The third-order valence-corrected chi connectivity index (χ3v) is 3.47. The Balaban J connectivity index is 2.02. The summed E-state index contributed by atoms with van der Waals surface area (Å²) in [5, 5.41) is 7.27. The molecule has 5 nitrogen and oxygen atoms in total. The summed E-state index contributed by atoms with van der Waals surface area (Å²) in [7, 11) is 1.63. The van der Waals surface area contributed by atoms with Gasteiger partial charge in [0.1, 0.15) is 5.76 Å². The van der Waals surface area contributed by atoms with Gasteiger partial charge in [0.05, 0.1) is 23.9 Å². The molecule has 0 spiro atoms. The number of nitrogens with one attached hydrogen (secondary N) is 1. The van der Waals surface area contributed by atoms with Gasteiger partial charge in [-0.15, -0.1) is 0 Å². The Morgan fingerprint density at radius 1 is 1.29 bits per heavy atom. The highest BCUT2D eigenvalue weighted by Crippen LogP contribution is 2.36. The summed E-state index contributed by atoms with van der Waals surface area (Å²) < 4.78 is 16.9. The van der Waals surface area contributed by atoms with Gasteiger partial charge < -0.3 is 19.3 Å². The molecular formula is C15H19BrN2O3. The molecule has 0 atom stereocenters. The molecule has 1 aromatic heterocycles. The lowest BCUT2D eigenvalue weighted by Gasteiger charge is -2.13. The van der Waals surface area contributed by atoms with E-state index in [0.717, 1.165) is 27.2 Å². The molecule has 0 radical (unpaired) electrons. The van der Waals surface area contributed by atoms with Crippen LogP contribution in [-0.2, 0) is 13.1 Å². The summed E-state index contributed by atoms with van der Waals surface area (Å²) in [5.41, 5.74) is 2.00. The van der Waals surface area contributed by atoms with Crippen molar-refractivity contribution in [3.63, 3.8) is 0 Å². The minimum atomic E-state index is 0.595. The van der Waals surface area contributed by atoms with Gasteiger partial charge in [0.2, 0.25) is 0 Å². The average Bonchev–Trinajstić information content (AvgIpc) is 2.85. The highest BCUT2D eigenvalue weighted by atomic mass is 79.9. The maximum absolute atomic E-state index is 5.61. The van der Waals surface area contributed by atoms with Crippen molar-refractivity contribution in [3.05, 3.63) is 39.7 Å². The van der Waals surface area contributed by atoms with E-state index in [-0.39, 0.29) is 0 Å². The Bertz CT molecular complexity index is 599. The van der Waals surface area contributed by atoms with Gasteiger partial charge in [0, 0.05) is 19.2 Å². The quantitative estimate of drug-likeness (QED) is 0.825. The fourth-order valence-corrected chi connectivity index (χ4v) is 2.67. The van der Waals surface area contributed by atoms with Crippen LogP contribution in [0, 0.1) is 6.92 Å². The molecular weight excluding hydrogens is 336 g/mol. The largest absolute Gasteiger partial charge is 0.492 e. The van der Waals surface area contributed by atoms with Crippen molar-refractivity contribution in [3.8, 4) is 11.5 Å². The second-order valence-electron chi connectivity index (χ2n) is 4.57. The Morgan fingerprint density at radius 2 is 2.10 bits per heavy atom. The van der Waals surface area contributed by atoms with Gasteiger partial charge in [-0.2, -0.15) is 0 Å². The van der Waals surface area contributed by atoms with E-state index < -0.39 is 0 Å². The maximum Gasteiger partial charge on any atom is 0.174 e. The van der Waals surface area contributed by atoms with Gasteiger partial charge >= 0.3 is 0 Å². The monoisotopic (exact) mass is 354 g/mol. The van der Waals surface area contributed by atoms with E-state index in [1.807, 2.05) is 32.0 Å². The van der Waals surface area contributed by atoms with Crippen molar-refractivity contribution in [1.82, 2.24) is 10.5 Å². The van der Waals surface area contributed by atoms with Crippen molar-refractivity contribution in [2.75, 3.05) is 13.7 Å². The Labute approximate surface area is 132 Å². The van der Waals surface area contributed by atoms with Crippen LogP contribution in [0.3, 0.4) is 0 Å². The molecule has 0 saturated heterocycles. The number of hydrogen-bond acceptors (Lipinski definition) is 5. The second kappa shape index (κ2) is 7.47. The molecule has 0 aliphatic rings. The zero-order valence-electron chi connectivity index (χ0n) is 12.4. The summed E-state index contributed by atoms with van der Waals surface area (Å²) in [6.07, 6.45) is 0. The Hall–Kier alpha value is -1.53. The fourth-order valence-electron chi connectivity index (χ4n) is 2.02. The van der Waals surface area contributed by atoms with Crippen LogP contribution in [0.4, 0.5) is 0 Å². The zero-order valence-corrected chi connectivity index (χ0v) is 14.0. The smallest absolute Gasteiger partial charge is 0.174 e. The van der Waals surface area contributed by atoms with E-state index >= 15 is 0 Å². The highest BCUT2D eigenvalue weighted by molar-refractivity contribution is 9.10. The fraction of sp³-hybridized carbons (Fsp3) is 0.400. The van der Waals surface area contributed by atoms with E-state index in [1.165, 1.54) is 0 Å². The molecule has 0 bridgehead atoms. The maximum atomic E-state index is 5.61. The number of aromatic nitrogens is 1. The van der Waals surface area contributed by atoms with Crippen LogP contribution in [0.15, 0.2) is 27.2 Å². The summed E-state index contributed by atoms with van der Waals surface area (Å²) >= 11 is 3.51. The zero-order chi connectivity index (χ0) is 15.2. The molecule has 0 fully saturated rings. The molecule has 0 aliphatic carbocycles. The summed E-state index contributed by atoms with van der Waals surface area (Å²) in [6.45, 7) is 5.79. The minimum absolute atomic E-state index is 0.595. The molecule has 114 valence electrons. The first-order valence-electron chi connectivity index (χ1n) is 6.76. The number of halogens is 1. The van der Waals surface area contributed by atoms with Crippen LogP contribution in [0.2, 0.25) is 0 Å². The van der Waals surface area contributed by atoms with Crippen LogP contribution in [0.1, 0.15) is 23.9 Å². The molecule has 0 aliphatic heterocycles. The van der Waals surface area contributed by atoms with Crippen molar-refractivity contribution in [2.24, 2.45) is 0 Å². The van der Waals surface area contributed by atoms with E-state index in [2.05, 4.69) is 26.4 Å². The molecule has 6 heteroatoms. The van der Waals surface area contributed by atoms with Crippen molar-refractivity contribution in [1.29, 1.82) is 0 Å². The molecule has 0 amide bonds. The van der Waals surface area contributed by atoms with Crippen molar-refractivity contribution in [2.45, 2.75) is 26.9 Å². The number of rotatable bonds is 7. The summed E-state index contributed by atoms with van der Waals surface area (Å²) in [6, 6.07) is 5.92. The van der Waals surface area contributed by atoms with Gasteiger partial charge in [-0.3, -0.25) is 0 Å². The number of methoxy groups -OCH3 is 1. The van der Waals surface area contributed by atoms with E-state index in [9.17, 15) is 0 Å². The first-order valence-corrected chi connectivity index (χ1v) is 7.55. The molecule has 21 heavy (non-hydrogen) atoms. The second-order valence-corrected chi connectivity index (χ2v) is 5.43. The number of hydrogen-bond donors (Lipinski definition) is 1. The minimum Gasteiger partial charge on any atom is -0.492 e. The lowest BCUT2D eigenvalue weighted by molar-refractivity contribution is 0.309. The van der Waals surface area contributed by atoms with E-state index in [4.69, 9.17) is 14.0 Å². The number of nitrogens with zero attached hydrogens (tertiary/aromatic N) is 1. The first kappa shape index (κ1) is 15.9. The first-order chi connectivity index (χ1) is 10.1. The van der Waals surface area contributed by atoms with Gasteiger partial charge in [0.25, 0.3) is 0 Å². The molecule has 0 saturated carbocycles. The lowest BCUT2D eigenvalue weighted by Crippen LogP contribution is -2.13. The third-order valence-electron chi connectivity index (χ3n) is 2.89. The third kappa shape index (κ3) is 4.22. The predicted molar refractivity (Wildman–Crippen MR) is 83.6 cm³/mol. The molecule has 1 N–H and O–H groups in total. The van der Waals surface area contributed by atoms with Gasteiger partial charge in [-0.25, -0.2) is 0 Å². The Morgan fingerprint density at radius 3 is 2.71 bits per heavy atom. The predicted octanol–water partition coefficient (Wildman–Crippen LogP) is 3.44. The molecule has 0 unspecified atom stereocenters. The molecule has 2 aromatic rings. The summed E-state index contributed by atoms with van der Waals surface area (Å²) in [4.78, 5) is 0. The average molecular weight is 355 g/mol. The number of ether oxygens (including phenoxy) is 2. The SMILES string of the molecule is CCOc1cc(CNCc2cc(C)on2)cc(Br)c1OC. The number of aryl methyl sites for hydroxylation is 1. The van der Waals surface area contributed by atoms with Crippen LogP contribution in [0.25, 0.3) is 0 Å². The van der Waals surface area contributed by atoms with Gasteiger partial charge in [0.15, 0.2) is 11.5 Å². The van der Waals surface area contributed by atoms with Crippen molar-refractivity contribution < 1.29 is 14.0 Å². The van der Waals surface area contributed by atoms with Gasteiger partial charge in [-0.1, -0.05) is 5.16 Å². The van der Waals surface area contributed by atoms with Crippen LogP contribution in [0.5, 0.6) is 11.5 Å².